The summed E-state index contributed by atoms with van der Waals surface area (Å²) in [5, 5.41) is 5.25. The zero-order valence-corrected chi connectivity index (χ0v) is 10.2. The normalized spacial score (nSPS) is 9.47. The highest BCUT2D eigenvalue weighted by Gasteiger charge is 2.07. The van der Waals surface area contributed by atoms with E-state index in [0.29, 0.717) is 0 Å². The fourth-order valence-electron chi connectivity index (χ4n) is 1.24. The van der Waals surface area contributed by atoms with Crippen LogP contribution in [0.15, 0.2) is 24.5 Å². The van der Waals surface area contributed by atoms with Crippen molar-refractivity contribution in [2.75, 3.05) is 12.4 Å². The number of hydrogen-bond acceptors (Lipinski definition) is 4. The lowest BCUT2D eigenvalue weighted by Crippen LogP contribution is -1.85. The van der Waals surface area contributed by atoms with Crippen LogP contribution >= 0.6 is 23.7 Å². The summed E-state index contributed by atoms with van der Waals surface area (Å²) in [6, 6.07) is 3.94. The van der Waals surface area contributed by atoms with Crippen molar-refractivity contribution in [2.24, 2.45) is 0 Å². The molecule has 0 spiro atoms. The average molecular weight is 242 g/mol. The predicted octanol–water partition coefficient (Wildman–Crippen LogP) is 2.98. The molecule has 0 unspecified atom stereocenters. The lowest BCUT2D eigenvalue weighted by atomic mass is 10.3. The molecule has 0 aliphatic heterocycles. The average Bonchev–Trinajstić information content (AvgIpc) is 2.61. The third kappa shape index (κ3) is 2.46. The molecule has 2 rings (SSSR count). The molecule has 5 heteroatoms. The number of halogens is 1. The first-order chi connectivity index (χ1) is 6.81. The predicted molar refractivity (Wildman–Crippen MR) is 66.9 cm³/mol. The molecule has 2 heterocycles. The van der Waals surface area contributed by atoms with Crippen LogP contribution in [0.4, 0.5) is 5.00 Å². The first-order valence-electron chi connectivity index (χ1n) is 4.37. The van der Waals surface area contributed by atoms with Gasteiger partial charge in [-0.2, -0.15) is 0 Å². The van der Waals surface area contributed by atoms with Gasteiger partial charge in [0.25, 0.3) is 0 Å². The molecule has 2 aromatic heterocycles. The minimum atomic E-state index is 0. The van der Waals surface area contributed by atoms with Gasteiger partial charge in [0.15, 0.2) is 0 Å². The maximum Gasteiger partial charge on any atom is 0.127 e. The van der Waals surface area contributed by atoms with Crippen molar-refractivity contribution in [3.05, 3.63) is 30.2 Å². The smallest absolute Gasteiger partial charge is 0.127 e. The Bertz CT molecular complexity index is 427. The molecule has 0 saturated heterocycles. The Hall–Kier alpha value is -1.13. The van der Waals surface area contributed by atoms with E-state index in [0.717, 1.165) is 21.3 Å². The van der Waals surface area contributed by atoms with E-state index in [1.165, 1.54) is 0 Å². The van der Waals surface area contributed by atoms with Crippen LogP contribution in [0.25, 0.3) is 10.6 Å². The summed E-state index contributed by atoms with van der Waals surface area (Å²) in [4.78, 5) is 8.54. The van der Waals surface area contributed by atoms with E-state index in [1.54, 1.807) is 17.5 Å². The van der Waals surface area contributed by atoms with Gasteiger partial charge >= 0.3 is 0 Å². The molecule has 0 bridgehead atoms. The lowest BCUT2D eigenvalue weighted by molar-refractivity contribution is 1.25. The molecule has 3 nitrogen and oxygen atoms in total. The highest BCUT2D eigenvalue weighted by Crippen LogP contribution is 2.30. The summed E-state index contributed by atoms with van der Waals surface area (Å²) in [6.07, 6.45) is 3.60. The topological polar surface area (TPSA) is 37.8 Å². The van der Waals surface area contributed by atoms with E-state index < -0.39 is 0 Å². The zero-order valence-electron chi connectivity index (χ0n) is 8.52. The Kier molecular flexibility index (Phi) is 4.05. The molecule has 0 aliphatic carbocycles. The molecule has 15 heavy (non-hydrogen) atoms. The van der Waals surface area contributed by atoms with Gasteiger partial charge in [-0.1, -0.05) is 11.3 Å². The second-order valence-electron chi connectivity index (χ2n) is 2.93. The monoisotopic (exact) mass is 241 g/mol. The number of pyridine rings is 1. The number of hydrogen-bond donors (Lipinski definition) is 1. The van der Waals surface area contributed by atoms with Crippen LogP contribution in [-0.4, -0.2) is 17.0 Å². The number of aryl methyl sites for hydroxylation is 1. The highest BCUT2D eigenvalue weighted by atomic mass is 35.5. The van der Waals surface area contributed by atoms with E-state index >= 15 is 0 Å². The molecule has 0 saturated carbocycles. The van der Waals surface area contributed by atoms with E-state index in [-0.39, 0.29) is 12.4 Å². The molecule has 0 aliphatic rings. The molecule has 2 aromatic rings. The maximum atomic E-state index is 4.47. The Morgan fingerprint density at radius 3 is 2.73 bits per heavy atom. The van der Waals surface area contributed by atoms with Crippen LogP contribution in [0.1, 0.15) is 5.69 Å². The van der Waals surface area contributed by atoms with Gasteiger partial charge in [0.2, 0.25) is 0 Å². The van der Waals surface area contributed by atoms with Crippen LogP contribution in [0.3, 0.4) is 0 Å². The summed E-state index contributed by atoms with van der Waals surface area (Å²) in [7, 11) is 1.91. The quantitative estimate of drug-likeness (QED) is 0.879. The molecule has 0 atom stereocenters. The van der Waals surface area contributed by atoms with Gasteiger partial charge in [0.1, 0.15) is 10.0 Å². The van der Waals surface area contributed by atoms with Gasteiger partial charge in [-0.25, -0.2) is 4.98 Å². The summed E-state index contributed by atoms with van der Waals surface area (Å²) >= 11 is 1.65. The summed E-state index contributed by atoms with van der Waals surface area (Å²) < 4.78 is 0. The van der Waals surface area contributed by atoms with E-state index in [2.05, 4.69) is 15.3 Å². The summed E-state index contributed by atoms with van der Waals surface area (Å²) in [5.74, 6) is 0. The molecular formula is C10H12ClN3S. The van der Waals surface area contributed by atoms with Crippen LogP contribution in [0.2, 0.25) is 0 Å². The van der Waals surface area contributed by atoms with Gasteiger partial charge in [0, 0.05) is 25.0 Å². The Balaban J connectivity index is 0.00000112. The molecular weight excluding hydrogens is 230 g/mol. The minimum Gasteiger partial charge on any atom is -0.378 e. The Morgan fingerprint density at radius 2 is 2.20 bits per heavy atom. The molecule has 0 aromatic carbocycles. The van der Waals surface area contributed by atoms with Crippen molar-refractivity contribution < 1.29 is 0 Å². The van der Waals surface area contributed by atoms with E-state index in [9.17, 15) is 0 Å². The number of thiazole rings is 1. The van der Waals surface area contributed by atoms with Crippen molar-refractivity contribution in [1.29, 1.82) is 0 Å². The Labute approximate surface area is 99.0 Å². The first kappa shape index (κ1) is 11.9. The van der Waals surface area contributed by atoms with Crippen LogP contribution < -0.4 is 5.32 Å². The maximum absolute atomic E-state index is 4.47. The van der Waals surface area contributed by atoms with Gasteiger partial charge in [-0.3, -0.25) is 4.98 Å². The number of aromatic nitrogens is 2. The van der Waals surface area contributed by atoms with Crippen molar-refractivity contribution in [3.63, 3.8) is 0 Å². The minimum absolute atomic E-state index is 0. The third-order valence-electron chi connectivity index (χ3n) is 1.93. The second kappa shape index (κ2) is 5.09. The van der Waals surface area contributed by atoms with Crippen LogP contribution in [0.5, 0.6) is 0 Å². The molecule has 0 radical (unpaired) electrons. The second-order valence-corrected chi connectivity index (χ2v) is 3.92. The van der Waals surface area contributed by atoms with Gasteiger partial charge in [-0.15, -0.1) is 12.4 Å². The zero-order chi connectivity index (χ0) is 9.97. The van der Waals surface area contributed by atoms with Gasteiger partial charge in [0.05, 0.1) is 5.69 Å². The number of nitrogens with zero attached hydrogens (tertiary/aromatic N) is 2. The summed E-state index contributed by atoms with van der Waals surface area (Å²) in [6.45, 7) is 2.00. The number of nitrogens with one attached hydrogen (secondary N) is 1. The molecule has 0 amide bonds. The van der Waals surface area contributed by atoms with Crippen molar-refractivity contribution in [1.82, 2.24) is 9.97 Å². The largest absolute Gasteiger partial charge is 0.378 e. The number of anilines is 1. The van der Waals surface area contributed by atoms with Crippen LogP contribution in [0, 0.1) is 6.92 Å². The molecule has 80 valence electrons. The fourth-order valence-corrected chi connectivity index (χ4v) is 2.15. The van der Waals surface area contributed by atoms with Gasteiger partial charge < -0.3 is 5.32 Å². The third-order valence-corrected chi connectivity index (χ3v) is 3.16. The van der Waals surface area contributed by atoms with E-state index in [1.807, 2.05) is 32.3 Å². The highest BCUT2D eigenvalue weighted by molar-refractivity contribution is 7.19. The van der Waals surface area contributed by atoms with Gasteiger partial charge in [-0.05, 0) is 19.1 Å². The first-order valence-corrected chi connectivity index (χ1v) is 5.18. The van der Waals surface area contributed by atoms with Crippen molar-refractivity contribution >= 4 is 28.7 Å². The lowest BCUT2D eigenvalue weighted by Gasteiger charge is -1.92. The standard InChI is InChI=1S/C10H11N3S.ClH/c1-7-9(11-2)14-10(13-7)8-4-3-5-12-6-8;/h3-6,11H,1-2H3;1H. The molecule has 1 N–H and O–H groups in total. The summed E-state index contributed by atoms with van der Waals surface area (Å²) in [5.41, 5.74) is 2.11. The SMILES string of the molecule is CNc1sc(-c2cccnc2)nc1C.Cl. The van der Waals surface area contributed by atoms with E-state index in [4.69, 9.17) is 0 Å². The molecule has 0 fully saturated rings. The van der Waals surface area contributed by atoms with Crippen LogP contribution in [-0.2, 0) is 0 Å². The fraction of sp³-hybridized carbons (Fsp3) is 0.200. The Morgan fingerprint density at radius 1 is 1.40 bits per heavy atom. The number of rotatable bonds is 2. The van der Waals surface area contributed by atoms with Crippen molar-refractivity contribution in [2.45, 2.75) is 6.92 Å². The van der Waals surface area contributed by atoms with Crippen molar-refractivity contribution in [3.8, 4) is 10.6 Å².